The van der Waals surface area contributed by atoms with Gasteiger partial charge in [-0.2, -0.15) is 0 Å². The Kier molecular flexibility index (Phi) is 5.22. The van der Waals surface area contributed by atoms with Gasteiger partial charge in [0.25, 0.3) is 5.91 Å². The zero-order valence-corrected chi connectivity index (χ0v) is 14.4. The van der Waals surface area contributed by atoms with Crippen LogP contribution in [-0.2, 0) is 4.79 Å². The van der Waals surface area contributed by atoms with Gasteiger partial charge in [0.15, 0.2) is 6.10 Å². The quantitative estimate of drug-likeness (QED) is 0.825. The fourth-order valence-corrected chi connectivity index (χ4v) is 3.20. The van der Waals surface area contributed by atoms with Crippen LogP contribution in [0.3, 0.4) is 0 Å². The van der Waals surface area contributed by atoms with Crippen LogP contribution in [0.5, 0.6) is 11.5 Å². The molecule has 0 spiro atoms. The molecule has 2 aromatic rings. The molecule has 4 nitrogen and oxygen atoms in total. The molecule has 0 saturated carbocycles. The number of hydrogen-bond acceptors (Lipinski definition) is 3. The molecule has 2 unspecified atom stereocenters. The first-order valence-electron chi connectivity index (χ1n) is 8.45. The van der Waals surface area contributed by atoms with Crippen LogP contribution in [0.2, 0.25) is 0 Å². The molecule has 2 atom stereocenters. The first-order valence-corrected chi connectivity index (χ1v) is 8.45. The average Bonchev–Trinajstić information content (AvgIpc) is 3.12. The number of methoxy groups -OCH3 is 1. The summed E-state index contributed by atoms with van der Waals surface area (Å²) in [6, 6.07) is 13.5. The molecular formula is C20H22FNO3. The summed E-state index contributed by atoms with van der Waals surface area (Å²) < 4.78 is 24.0. The Balaban J connectivity index is 1.68. The molecular weight excluding hydrogens is 321 g/mol. The Labute approximate surface area is 147 Å². The summed E-state index contributed by atoms with van der Waals surface area (Å²) in [6.07, 6.45) is 1.23. The average molecular weight is 343 g/mol. The van der Waals surface area contributed by atoms with Gasteiger partial charge in [-0.05, 0) is 61.7 Å². The zero-order chi connectivity index (χ0) is 17.8. The topological polar surface area (TPSA) is 38.8 Å². The zero-order valence-electron chi connectivity index (χ0n) is 14.4. The summed E-state index contributed by atoms with van der Waals surface area (Å²) in [5, 5.41) is 0. The van der Waals surface area contributed by atoms with Crippen molar-refractivity contribution in [3.05, 3.63) is 59.9 Å². The second-order valence-electron chi connectivity index (χ2n) is 6.18. The van der Waals surface area contributed by atoms with Crippen molar-refractivity contribution >= 4 is 5.91 Å². The van der Waals surface area contributed by atoms with Gasteiger partial charge in [0.2, 0.25) is 0 Å². The maximum Gasteiger partial charge on any atom is 0.263 e. The summed E-state index contributed by atoms with van der Waals surface area (Å²) in [4.78, 5) is 14.7. The molecule has 0 bridgehead atoms. The number of benzene rings is 2. The van der Waals surface area contributed by atoms with Gasteiger partial charge >= 0.3 is 0 Å². The molecule has 1 heterocycles. The Morgan fingerprint density at radius 1 is 1.12 bits per heavy atom. The van der Waals surface area contributed by atoms with Crippen molar-refractivity contribution in [1.29, 1.82) is 0 Å². The Morgan fingerprint density at radius 3 is 2.40 bits per heavy atom. The van der Waals surface area contributed by atoms with Gasteiger partial charge in [-0.3, -0.25) is 4.79 Å². The second-order valence-corrected chi connectivity index (χ2v) is 6.18. The van der Waals surface area contributed by atoms with E-state index in [1.807, 2.05) is 4.90 Å². The van der Waals surface area contributed by atoms with Crippen molar-refractivity contribution < 1.29 is 18.7 Å². The number of carbonyl (C=O) groups is 1. The molecule has 0 aliphatic carbocycles. The molecule has 2 aromatic carbocycles. The van der Waals surface area contributed by atoms with Crippen LogP contribution in [0.1, 0.15) is 31.4 Å². The van der Waals surface area contributed by atoms with Crippen LogP contribution in [-0.4, -0.2) is 30.6 Å². The molecule has 1 fully saturated rings. The van der Waals surface area contributed by atoms with Crippen LogP contribution in [0, 0.1) is 5.82 Å². The lowest BCUT2D eigenvalue weighted by molar-refractivity contribution is -0.138. The highest BCUT2D eigenvalue weighted by Gasteiger charge is 2.33. The molecule has 1 aliphatic rings. The van der Waals surface area contributed by atoms with Gasteiger partial charge in [-0.1, -0.05) is 12.1 Å². The van der Waals surface area contributed by atoms with Crippen molar-refractivity contribution in [1.82, 2.24) is 4.90 Å². The molecule has 1 saturated heterocycles. The van der Waals surface area contributed by atoms with Crippen molar-refractivity contribution in [3.8, 4) is 11.5 Å². The maximum absolute atomic E-state index is 13.1. The normalized spacial score (nSPS) is 18.0. The lowest BCUT2D eigenvalue weighted by atomic mass is 10.0. The van der Waals surface area contributed by atoms with E-state index in [-0.39, 0.29) is 17.8 Å². The maximum atomic E-state index is 13.1. The number of carbonyl (C=O) groups excluding carboxylic acids is 1. The van der Waals surface area contributed by atoms with E-state index in [1.165, 1.54) is 12.1 Å². The first kappa shape index (κ1) is 17.3. The molecule has 1 amide bonds. The van der Waals surface area contributed by atoms with Crippen LogP contribution in [0.4, 0.5) is 4.39 Å². The standard InChI is InChI=1S/C20H22FNO3/c1-14(25-18-11-9-17(24-2)10-12-18)20(23)22-13-3-4-19(22)15-5-7-16(21)8-6-15/h5-12,14,19H,3-4,13H2,1-2H3. The molecule has 0 radical (unpaired) electrons. The van der Waals surface area contributed by atoms with E-state index in [9.17, 15) is 9.18 Å². The van der Waals surface area contributed by atoms with E-state index in [4.69, 9.17) is 9.47 Å². The summed E-state index contributed by atoms with van der Waals surface area (Å²) >= 11 is 0. The molecule has 3 rings (SSSR count). The molecule has 1 aliphatic heterocycles. The SMILES string of the molecule is COc1ccc(OC(C)C(=O)N2CCCC2c2ccc(F)cc2)cc1. The molecule has 132 valence electrons. The number of rotatable bonds is 5. The van der Waals surface area contributed by atoms with Gasteiger partial charge in [-0.25, -0.2) is 4.39 Å². The number of halogens is 1. The molecule has 5 heteroatoms. The van der Waals surface area contributed by atoms with Gasteiger partial charge in [0, 0.05) is 6.54 Å². The minimum Gasteiger partial charge on any atom is -0.497 e. The van der Waals surface area contributed by atoms with Crippen molar-refractivity contribution in [2.45, 2.75) is 31.9 Å². The highest BCUT2D eigenvalue weighted by atomic mass is 19.1. The van der Waals surface area contributed by atoms with Gasteiger partial charge in [0.05, 0.1) is 13.2 Å². The number of nitrogens with zero attached hydrogens (tertiary/aromatic N) is 1. The molecule has 0 N–H and O–H groups in total. The fourth-order valence-electron chi connectivity index (χ4n) is 3.20. The lowest BCUT2D eigenvalue weighted by Crippen LogP contribution is -2.40. The third-order valence-corrected chi connectivity index (χ3v) is 4.51. The molecule has 25 heavy (non-hydrogen) atoms. The summed E-state index contributed by atoms with van der Waals surface area (Å²) in [5.74, 6) is 1.04. The van der Waals surface area contributed by atoms with Crippen LogP contribution >= 0.6 is 0 Å². The predicted octanol–water partition coefficient (Wildman–Crippen LogP) is 3.97. The smallest absolute Gasteiger partial charge is 0.263 e. The van der Waals surface area contributed by atoms with E-state index in [0.29, 0.717) is 12.3 Å². The van der Waals surface area contributed by atoms with Gasteiger partial charge < -0.3 is 14.4 Å². The van der Waals surface area contributed by atoms with Crippen LogP contribution in [0.15, 0.2) is 48.5 Å². The van der Waals surface area contributed by atoms with Gasteiger partial charge in [0.1, 0.15) is 17.3 Å². The lowest BCUT2D eigenvalue weighted by Gasteiger charge is -2.28. The van der Waals surface area contributed by atoms with E-state index in [1.54, 1.807) is 50.4 Å². The van der Waals surface area contributed by atoms with Crippen molar-refractivity contribution in [3.63, 3.8) is 0 Å². The number of likely N-dealkylation sites (tertiary alicyclic amines) is 1. The highest BCUT2D eigenvalue weighted by molar-refractivity contribution is 5.81. The first-order chi connectivity index (χ1) is 12.1. The highest BCUT2D eigenvalue weighted by Crippen LogP contribution is 2.33. The summed E-state index contributed by atoms with van der Waals surface area (Å²) in [6.45, 7) is 2.45. The third-order valence-electron chi connectivity index (χ3n) is 4.51. The Bertz CT molecular complexity index is 715. The predicted molar refractivity (Wildman–Crippen MR) is 93.2 cm³/mol. The van der Waals surface area contributed by atoms with E-state index in [0.717, 1.165) is 24.2 Å². The van der Waals surface area contributed by atoms with Crippen LogP contribution in [0.25, 0.3) is 0 Å². The number of amides is 1. The summed E-state index contributed by atoms with van der Waals surface area (Å²) in [7, 11) is 1.60. The van der Waals surface area contributed by atoms with Crippen molar-refractivity contribution in [2.24, 2.45) is 0 Å². The number of ether oxygens (including phenoxy) is 2. The minimum absolute atomic E-state index is 0.0185. The summed E-state index contributed by atoms with van der Waals surface area (Å²) in [5.41, 5.74) is 0.962. The second kappa shape index (κ2) is 7.55. The van der Waals surface area contributed by atoms with Crippen molar-refractivity contribution in [2.75, 3.05) is 13.7 Å². The largest absolute Gasteiger partial charge is 0.497 e. The Morgan fingerprint density at radius 2 is 1.76 bits per heavy atom. The van der Waals surface area contributed by atoms with E-state index >= 15 is 0 Å². The van der Waals surface area contributed by atoms with E-state index in [2.05, 4.69) is 0 Å². The van der Waals surface area contributed by atoms with E-state index < -0.39 is 6.10 Å². The third kappa shape index (κ3) is 3.92. The van der Waals surface area contributed by atoms with Gasteiger partial charge in [-0.15, -0.1) is 0 Å². The Hall–Kier alpha value is -2.56. The number of hydrogen-bond donors (Lipinski definition) is 0. The minimum atomic E-state index is -0.588. The molecule has 0 aromatic heterocycles. The monoisotopic (exact) mass is 343 g/mol. The van der Waals surface area contributed by atoms with Crippen LogP contribution < -0.4 is 9.47 Å². The fraction of sp³-hybridized carbons (Fsp3) is 0.350.